The minimum atomic E-state index is -1.13. The van der Waals surface area contributed by atoms with Crippen LogP contribution in [0.2, 0.25) is 0 Å². The van der Waals surface area contributed by atoms with Crippen LogP contribution in [0.15, 0.2) is 103 Å². The third-order valence-electron chi connectivity index (χ3n) is 9.28. The largest absolute Gasteiger partial charge is 0.465 e. The molecule has 5 atom stereocenters. The highest BCUT2D eigenvalue weighted by Crippen LogP contribution is 2.32. The number of halogens is 2. The first kappa shape index (κ1) is 38.1. The topological polar surface area (TPSA) is 71.5 Å². The summed E-state index contributed by atoms with van der Waals surface area (Å²) in [5.74, 6) is -1.27. The van der Waals surface area contributed by atoms with E-state index in [1.54, 1.807) is 6.92 Å². The Labute approximate surface area is 300 Å². The maximum atomic E-state index is 15.1. The molecule has 0 unspecified atom stereocenters. The summed E-state index contributed by atoms with van der Waals surface area (Å²) in [6.07, 6.45) is -2.53. The van der Waals surface area contributed by atoms with Crippen LogP contribution >= 0.6 is 0 Å². The highest BCUT2D eigenvalue weighted by molar-refractivity contribution is 5.66. The quantitative estimate of drug-likeness (QED) is 0.142. The van der Waals surface area contributed by atoms with Gasteiger partial charge in [-0.3, -0.25) is 9.80 Å². The van der Waals surface area contributed by atoms with E-state index in [0.29, 0.717) is 25.3 Å². The fourth-order valence-electron chi connectivity index (χ4n) is 6.62. The maximum absolute atomic E-state index is 15.1. The lowest BCUT2D eigenvalue weighted by atomic mass is 9.91. The lowest BCUT2D eigenvalue weighted by molar-refractivity contribution is -0.237. The van der Waals surface area contributed by atoms with Crippen molar-refractivity contribution in [2.45, 2.75) is 91.3 Å². The standard InChI is InChI=1S/C42H50F2N2O5/c1-29-35(43)21-34(22-36(29)44)23-37(45(24-31-15-9-6-10-16-31)25-32-17-11-7-12-18-32)39(49-26-33-19-13-8-14-20-33)38-27-50-40(51-28-42(3,4)5)30(2)46(38)41(47)48/h6-22,30,37-40H,23-28H2,1-5H3,(H,47,48)/t30-,37-,38+,39-,40-/m0/s1. The Bertz CT molecular complexity index is 1620. The second kappa shape index (κ2) is 17.4. The van der Waals surface area contributed by atoms with Crippen molar-refractivity contribution in [3.05, 3.63) is 143 Å². The molecular formula is C42H50F2N2O5. The zero-order valence-corrected chi connectivity index (χ0v) is 30.2. The van der Waals surface area contributed by atoms with Gasteiger partial charge in [-0.15, -0.1) is 0 Å². The fourth-order valence-corrected chi connectivity index (χ4v) is 6.62. The number of rotatable bonds is 14. The molecule has 4 aromatic rings. The van der Waals surface area contributed by atoms with Crippen molar-refractivity contribution in [3.8, 4) is 0 Å². The first-order valence-electron chi connectivity index (χ1n) is 17.6. The molecule has 0 saturated carbocycles. The summed E-state index contributed by atoms with van der Waals surface area (Å²) in [4.78, 5) is 16.8. The molecule has 1 N–H and O–H groups in total. The van der Waals surface area contributed by atoms with Crippen LogP contribution in [0.25, 0.3) is 0 Å². The Balaban J connectivity index is 1.62. The SMILES string of the molecule is Cc1c(F)cc(C[C@@H]([C@H](OCc2ccccc2)[C@H]2CO[C@@H](OCC(C)(C)C)[C@H](C)N2C(=O)O)N(Cc2ccccc2)Cc2ccccc2)cc1F. The first-order valence-corrected chi connectivity index (χ1v) is 17.6. The molecule has 1 aliphatic rings. The van der Waals surface area contributed by atoms with E-state index in [0.717, 1.165) is 16.7 Å². The van der Waals surface area contributed by atoms with E-state index in [1.165, 1.54) is 24.0 Å². The van der Waals surface area contributed by atoms with E-state index in [-0.39, 0.29) is 30.6 Å². The zero-order valence-electron chi connectivity index (χ0n) is 30.2. The van der Waals surface area contributed by atoms with Gasteiger partial charge in [0.25, 0.3) is 0 Å². The molecule has 0 aliphatic carbocycles. The number of amides is 1. The number of hydrogen-bond donors (Lipinski definition) is 1. The Hall–Kier alpha value is -4.15. The van der Waals surface area contributed by atoms with Gasteiger partial charge in [0.05, 0.1) is 38.0 Å². The Kier molecular flexibility index (Phi) is 13.0. The number of nitrogens with zero attached hydrogens (tertiary/aromatic N) is 2. The molecule has 4 aromatic carbocycles. The van der Waals surface area contributed by atoms with Crippen LogP contribution in [0.5, 0.6) is 0 Å². The van der Waals surface area contributed by atoms with Gasteiger partial charge in [-0.1, -0.05) is 112 Å². The molecule has 0 bridgehead atoms. The number of morpholine rings is 1. The van der Waals surface area contributed by atoms with Gasteiger partial charge >= 0.3 is 6.09 Å². The van der Waals surface area contributed by atoms with Gasteiger partial charge in [0.15, 0.2) is 6.29 Å². The van der Waals surface area contributed by atoms with Crippen molar-refractivity contribution in [3.63, 3.8) is 0 Å². The highest BCUT2D eigenvalue weighted by Gasteiger charge is 2.47. The first-order chi connectivity index (χ1) is 24.4. The van der Waals surface area contributed by atoms with E-state index in [4.69, 9.17) is 14.2 Å². The monoisotopic (exact) mass is 700 g/mol. The predicted octanol–water partition coefficient (Wildman–Crippen LogP) is 8.63. The van der Waals surface area contributed by atoms with E-state index in [2.05, 4.69) is 4.90 Å². The molecule has 7 nitrogen and oxygen atoms in total. The number of carboxylic acid groups (broad SMARTS) is 1. The van der Waals surface area contributed by atoms with E-state index in [1.807, 2.05) is 112 Å². The fraction of sp³-hybridized carbons (Fsp3) is 0.405. The van der Waals surface area contributed by atoms with Crippen LogP contribution in [0.4, 0.5) is 13.6 Å². The normalized spacial score (nSPS) is 19.2. The molecule has 0 spiro atoms. The number of ether oxygens (including phenoxy) is 3. The van der Waals surface area contributed by atoms with Crippen LogP contribution in [-0.2, 0) is 40.3 Å². The Morgan fingerprint density at radius 3 is 1.88 bits per heavy atom. The van der Waals surface area contributed by atoms with Gasteiger partial charge in [-0.2, -0.15) is 0 Å². The minimum absolute atomic E-state index is 0.00252. The molecule has 9 heteroatoms. The average Bonchev–Trinajstić information content (AvgIpc) is 3.10. The summed E-state index contributed by atoms with van der Waals surface area (Å²) in [6.45, 7) is 10.8. The summed E-state index contributed by atoms with van der Waals surface area (Å²) in [5, 5.41) is 10.8. The molecule has 272 valence electrons. The summed E-state index contributed by atoms with van der Waals surface area (Å²) in [6, 6.07) is 30.3. The van der Waals surface area contributed by atoms with Crippen LogP contribution in [0, 0.1) is 24.0 Å². The van der Waals surface area contributed by atoms with Crippen LogP contribution in [-0.4, -0.2) is 64.7 Å². The van der Waals surface area contributed by atoms with Crippen molar-refractivity contribution in [1.82, 2.24) is 9.80 Å². The van der Waals surface area contributed by atoms with Crippen LogP contribution < -0.4 is 0 Å². The molecular weight excluding hydrogens is 650 g/mol. The third kappa shape index (κ3) is 10.5. The van der Waals surface area contributed by atoms with E-state index in [9.17, 15) is 9.90 Å². The lowest BCUT2D eigenvalue weighted by Gasteiger charge is -2.49. The van der Waals surface area contributed by atoms with Gasteiger partial charge in [-0.05, 0) is 60.1 Å². The summed E-state index contributed by atoms with van der Waals surface area (Å²) >= 11 is 0. The number of benzene rings is 4. The van der Waals surface area contributed by atoms with Crippen molar-refractivity contribution < 1.29 is 32.9 Å². The van der Waals surface area contributed by atoms with Crippen molar-refractivity contribution in [1.29, 1.82) is 0 Å². The van der Waals surface area contributed by atoms with Crippen molar-refractivity contribution in [2.75, 3.05) is 13.2 Å². The predicted molar refractivity (Wildman–Crippen MR) is 194 cm³/mol. The second-order valence-corrected chi connectivity index (χ2v) is 14.7. The molecule has 0 radical (unpaired) electrons. The third-order valence-corrected chi connectivity index (χ3v) is 9.28. The molecule has 5 rings (SSSR count). The average molecular weight is 701 g/mol. The Morgan fingerprint density at radius 1 is 0.882 bits per heavy atom. The summed E-state index contributed by atoms with van der Waals surface area (Å²) in [5.41, 5.74) is 3.20. The van der Waals surface area contributed by atoms with Gasteiger partial charge < -0.3 is 19.3 Å². The minimum Gasteiger partial charge on any atom is -0.465 e. The number of hydrogen-bond acceptors (Lipinski definition) is 5. The van der Waals surface area contributed by atoms with Crippen molar-refractivity contribution in [2.24, 2.45) is 5.41 Å². The molecule has 1 amide bonds. The molecule has 0 aromatic heterocycles. The van der Waals surface area contributed by atoms with E-state index < -0.39 is 48.2 Å². The van der Waals surface area contributed by atoms with Gasteiger partial charge in [0, 0.05) is 24.7 Å². The molecule has 51 heavy (non-hydrogen) atoms. The van der Waals surface area contributed by atoms with Crippen LogP contribution in [0.1, 0.15) is 55.5 Å². The second-order valence-electron chi connectivity index (χ2n) is 14.7. The van der Waals surface area contributed by atoms with E-state index >= 15 is 8.78 Å². The van der Waals surface area contributed by atoms with Gasteiger partial charge in [-0.25, -0.2) is 13.6 Å². The van der Waals surface area contributed by atoms with Gasteiger partial charge in [0.1, 0.15) is 11.6 Å². The van der Waals surface area contributed by atoms with Crippen molar-refractivity contribution >= 4 is 6.09 Å². The molecule has 1 aliphatic heterocycles. The number of carbonyl (C=O) groups is 1. The van der Waals surface area contributed by atoms with Crippen LogP contribution in [0.3, 0.4) is 0 Å². The summed E-state index contributed by atoms with van der Waals surface area (Å²) < 4.78 is 49.6. The molecule has 1 heterocycles. The smallest absolute Gasteiger partial charge is 0.408 e. The lowest BCUT2D eigenvalue weighted by Crippen LogP contribution is -2.65. The maximum Gasteiger partial charge on any atom is 0.408 e. The molecule has 1 saturated heterocycles. The zero-order chi connectivity index (χ0) is 36.5. The summed E-state index contributed by atoms with van der Waals surface area (Å²) in [7, 11) is 0. The molecule has 1 fully saturated rings. The Morgan fingerprint density at radius 2 is 1.39 bits per heavy atom. The van der Waals surface area contributed by atoms with Gasteiger partial charge in [0.2, 0.25) is 0 Å². The highest BCUT2D eigenvalue weighted by atomic mass is 19.1.